The Balaban J connectivity index is 1.32. The number of halogens is 3. The van der Waals surface area contributed by atoms with Gasteiger partial charge in [0.25, 0.3) is 11.7 Å². The SMILES string of the molecule is Cc1ccc(C(=O)N2[C@@H]3CC[C@H]2CC(Oc2ccc4nnc(C(F)(F)F)n4n2)C3)cn1. The van der Waals surface area contributed by atoms with Crippen molar-refractivity contribution in [1.82, 2.24) is 29.7 Å². The number of amides is 1. The Morgan fingerprint density at radius 1 is 1.10 bits per heavy atom. The van der Waals surface area contributed by atoms with Crippen LogP contribution >= 0.6 is 0 Å². The van der Waals surface area contributed by atoms with Gasteiger partial charge in [-0.15, -0.1) is 15.3 Å². The molecule has 31 heavy (non-hydrogen) atoms. The summed E-state index contributed by atoms with van der Waals surface area (Å²) in [4.78, 5) is 19.1. The second kappa shape index (κ2) is 7.17. The van der Waals surface area contributed by atoms with Gasteiger partial charge in [-0.25, -0.2) is 0 Å². The maximum atomic E-state index is 13.1. The summed E-state index contributed by atoms with van der Waals surface area (Å²) in [7, 11) is 0. The van der Waals surface area contributed by atoms with Gasteiger partial charge in [-0.2, -0.15) is 17.7 Å². The summed E-state index contributed by atoms with van der Waals surface area (Å²) in [6.45, 7) is 1.86. The number of aryl methyl sites for hydroxylation is 1. The molecule has 0 aliphatic carbocycles. The second-order valence-corrected chi connectivity index (χ2v) is 7.96. The topological polar surface area (TPSA) is 85.5 Å². The van der Waals surface area contributed by atoms with E-state index in [1.807, 2.05) is 17.9 Å². The van der Waals surface area contributed by atoms with Crippen LogP contribution in [-0.4, -0.2) is 53.8 Å². The zero-order valence-corrected chi connectivity index (χ0v) is 16.6. The van der Waals surface area contributed by atoms with Crippen LogP contribution in [0.5, 0.6) is 5.88 Å². The Labute approximate surface area is 175 Å². The van der Waals surface area contributed by atoms with E-state index in [1.54, 1.807) is 12.3 Å². The van der Waals surface area contributed by atoms with E-state index in [2.05, 4.69) is 20.3 Å². The maximum absolute atomic E-state index is 13.1. The molecule has 0 spiro atoms. The monoisotopic (exact) mass is 432 g/mol. The van der Waals surface area contributed by atoms with Gasteiger partial charge in [0.05, 0.1) is 5.56 Å². The number of carbonyl (C=O) groups excluding carboxylic acids is 1. The zero-order chi connectivity index (χ0) is 21.8. The number of pyridine rings is 1. The molecular weight excluding hydrogens is 413 g/mol. The van der Waals surface area contributed by atoms with E-state index in [-0.39, 0.29) is 35.6 Å². The molecule has 3 aromatic rings. The Morgan fingerprint density at radius 3 is 2.48 bits per heavy atom. The molecular formula is C20H19F3N6O2. The largest absolute Gasteiger partial charge is 0.473 e. The quantitative estimate of drug-likeness (QED) is 0.633. The fourth-order valence-corrected chi connectivity index (χ4v) is 4.48. The highest BCUT2D eigenvalue weighted by Gasteiger charge is 2.44. The van der Waals surface area contributed by atoms with E-state index in [0.29, 0.717) is 22.9 Å². The molecule has 3 aromatic heterocycles. The van der Waals surface area contributed by atoms with E-state index in [1.165, 1.54) is 12.1 Å². The van der Waals surface area contributed by atoms with Gasteiger partial charge in [-0.3, -0.25) is 9.78 Å². The molecule has 0 radical (unpaired) electrons. The molecule has 2 fully saturated rings. The highest BCUT2D eigenvalue weighted by Crippen LogP contribution is 2.38. The lowest BCUT2D eigenvalue weighted by Gasteiger charge is -2.38. The van der Waals surface area contributed by atoms with Crippen LogP contribution in [0.25, 0.3) is 5.65 Å². The predicted molar refractivity (Wildman–Crippen MR) is 101 cm³/mol. The Bertz CT molecular complexity index is 1120. The zero-order valence-electron chi connectivity index (χ0n) is 16.6. The van der Waals surface area contributed by atoms with Crippen molar-refractivity contribution in [2.45, 2.75) is 57.0 Å². The van der Waals surface area contributed by atoms with Gasteiger partial charge in [0.15, 0.2) is 5.65 Å². The van der Waals surface area contributed by atoms with E-state index >= 15 is 0 Å². The molecule has 1 amide bonds. The van der Waals surface area contributed by atoms with Crippen molar-refractivity contribution in [2.24, 2.45) is 0 Å². The smallest absolute Gasteiger partial charge is 0.453 e. The van der Waals surface area contributed by atoms with Gasteiger partial charge in [0.1, 0.15) is 6.10 Å². The van der Waals surface area contributed by atoms with Crippen LogP contribution in [0.1, 0.15) is 47.6 Å². The molecule has 2 bridgehead atoms. The first-order valence-electron chi connectivity index (χ1n) is 10.0. The number of nitrogens with zero attached hydrogens (tertiary/aromatic N) is 6. The second-order valence-electron chi connectivity index (χ2n) is 7.96. The van der Waals surface area contributed by atoms with E-state index in [9.17, 15) is 18.0 Å². The summed E-state index contributed by atoms with van der Waals surface area (Å²) < 4.78 is 45.8. The molecule has 5 rings (SSSR count). The number of rotatable bonds is 3. The molecule has 3 atom stereocenters. The summed E-state index contributed by atoms with van der Waals surface area (Å²) >= 11 is 0. The average Bonchev–Trinajstić information content (AvgIpc) is 3.26. The summed E-state index contributed by atoms with van der Waals surface area (Å²) in [6, 6.07) is 6.50. The van der Waals surface area contributed by atoms with Crippen LogP contribution in [0.4, 0.5) is 13.2 Å². The van der Waals surface area contributed by atoms with Crippen molar-refractivity contribution in [3.8, 4) is 5.88 Å². The number of hydrogen-bond donors (Lipinski definition) is 0. The molecule has 2 aliphatic rings. The Hall–Kier alpha value is -3.24. The minimum atomic E-state index is -4.67. The van der Waals surface area contributed by atoms with Crippen molar-refractivity contribution in [3.63, 3.8) is 0 Å². The van der Waals surface area contributed by atoms with E-state index in [0.717, 1.165) is 18.5 Å². The van der Waals surface area contributed by atoms with Crippen molar-refractivity contribution in [3.05, 3.63) is 47.5 Å². The third-order valence-corrected chi connectivity index (χ3v) is 5.86. The van der Waals surface area contributed by atoms with Gasteiger partial charge in [0, 0.05) is 42.9 Å². The van der Waals surface area contributed by atoms with Gasteiger partial charge < -0.3 is 9.64 Å². The van der Waals surface area contributed by atoms with Crippen molar-refractivity contribution < 1.29 is 22.7 Å². The van der Waals surface area contributed by atoms with E-state index < -0.39 is 12.0 Å². The first-order valence-corrected chi connectivity index (χ1v) is 10.0. The Kier molecular flexibility index (Phi) is 4.56. The summed E-state index contributed by atoms with van der Waals surface area (Å²) in [5, 5.41) is 10.6. The van der Waals surface area contributed by atoms with Crippen molar-refractivity contribution >= 4 is 11.6 Å². The molecule has 2 saturated heterocycles. The number of fused-ring (bicyclic) bond motifs is 3. The predicted octanol–water partition coefficient (Wildman–Crippen LogP) is 3.06. The minimum absolute atomic E-state index is 0.00753. The van der Waals surface area contributed by atoms with Crippen molar-refractivity contribution in [2.75, 3.05) is 0 Å². The highest BCUT2D eigenvalue weighted by molar-refractivity contribution is 5.94. The normalized spacial score (nSPS) is 23.4. The number of ether oxygens (including phenoxy) is 1. The first kappa shape index (κ1) is 19.7. The Morgan fingerprint density at radius 2 is 1.84 bits per heavy atom. The third-order valence-electron chi connectivity index (χ3n) is 5.86. The third kappa shape index (κ3) is 3.57. The molecule has 11 heteroatoms. The number of hydrogen-bond acceptors (Lipinski definition) is 6. The number of alkyl halides is 3. The number of aromatic nitrogens is 5. The van der Waals surface area contributed by atoms with Crippen LogP contribution in [0.2, 0.25) is 0 Å². The molecule has 0 saturated carbocycles. The van der Waals surface area contributed by atoms with Crippen LogP contribution in [0.3, 0.4) is 0 Å². The highest BCUT2D eigenvalue weighted by atomic mass is 19.4. The molecule has 0 aromatic carbocycles. The van der Waals surface area contributed by atoms with Crippen LogP contribution in [0, 0.1) is 6.92 Å². The minimum Gasteiger partial charge on any atom is -0.473 e. The van der Waals surface area contributed by atoms with Gasteiger partial charge in [-0.1, -0.05) is 0 Å². The number of carbonyl (C=O) groups is 1. The molecule has 162 valence electrons. The molecule has 1 unspecified atom stereocenters. The number of piperidine rings is 1. The van der Waals surface area contributed by atoms with Gasteiger partial charge in [0.2, 0.25) is 5.88 Å². The molecule has 8 nitrogen and oxygen atoms in total. The first-order chi connectivity index (χ1) is 14.8. The summed E-state index contributed by atoms with van der Waals surface area (Å²) in [5.41, 5.74) is 1.39. The summed E-state index contributed by atoms with van der Waals surface area (Å²) in [6.07, 6.45) is -0.396. The lowest BCUT2D eigenvalue weighted by atomic mass is 9.98. The van der Waals surface area contributed by atoms with Crippen LogP contribution in [-0.2, 0) is 6.18 Å². The van der Waals surface area contributed by atoms with Gasteiger partial charge >= 0.3 is 6.18 Å². The van der Waals surface area contributed by atoms with Crippen molar-refractivity contribution in [1.29, 1.82) is 0 Å². The maximum Gasteiger partial charge on any atom is 0.453 e. The van der Waals surface area contributed by atoms with Crippen LogP contribution < -0.4 is 4.74 Å². The summed E-state index contributed by atoms with van der Waals surface area (Å²) in [5.74, 6) is -1.16. The fraction of sp³-hybridized carbons (Fsp3) is 0.450. The lowest BCUT2D eigenvalue weighted by molar-refractivity contribution is -0.146. The lowest BCUT2D eigenvalue weighted by Crippen LogP contribution is -2.49. The average molecular weight is 432 g/mol. The van der Waals surface area contributed by atoms with E-state index in [4.69, 9.17) is 4.74 Å². The molecule has 5 heterocycles. The fourth-order valence-electron chi connectivity index (χ4n) is 4.48. The van der Waals surface area contributed by atoms with Gasteiger partial charge in [-0.05, 0) is 38.0 Å². The van der Waals surface area contributed by atoms with Crippen LogP contribution in [0.15, 0.2) is 30.5 Å². The standard InChI is InChI=1S/C20H19F3N6O2/c1-11-2-3-12(10-24-11)18(30)28-13-4-5-14(28)9-15(8-13)31-17-7-6-16-25-26-19(20(21,22)23)29(16)27-17/h2-3,6-7,10,13-15H,4-5,8-9H2,1H3/t13-,14+,15?. The molecule has 0 N–H and O–H groups in total. The molecule has 2 aliphatic heterocycles.